The zero-order chi connectivity index (χ0) is 22.4. The molecule has 0 bridgehead atoms. The fourth-order valence-electron chi connectivity index (χ4n) is 2.97. The molecule has 0 atom stereocenters. The molecular formula is C24H21NO6. The number of aromatic hydroxyl groups is 1. The van der Waals surface area contributed by atoms with Crippen LogP contribution in [0, 0.1) is 0 Å². The summed E-state index contributed by atoms with van der Waals surface area (Å²) in [6.45, 7) is 0. The number of benzene rings is 3. The normalized spacial score (nSPS) is 11.0. The van der Waals surface area contributed by atoms with Crippen LogP contribution in [-0.4, -0.2) is 36.3 Å². The van der Waals surface area contributed by atoms with Crippen molar-refractivity contribution in [3.05, 3.63) is 83.4 Å². The van der Waals surface area contributed by atoms with E-state index in [-0.39, 0.29) is 17.0 Å². The molecule has 0 radical (unpaired) electrons. The van der Waals surface area contributed by atoms with E-state index in [1.165, 1.54) is 26.4 Å². The zero-order valence-electron chi connectivity index (χ0n) is 17.0. The van der Waals surface area contributed by atoms with Crippen molar-refractivity contribution < 1.29 is 29.3 Å². The Hall–Kier alpha value is -4.26. The molecule has 0 heterocycles. The second kappa shape index (κ2) is 9.49. The Kier molecular flexibility index (Phi) is 6.57. The Morgan fingerprint density at radius 1 is 0.871 bits per heavy atom. The van der Waals surface area contributed by atoms with E-state index in [0.717, 1.165) is 6.07 Å². The first-order valence-electron chi connectivity index (χ1n) is 9.29. The highest BCUT2D eigenvalue weighted by Crippen LogP contribution is 2.31. The number of carbonyl (C=O) groups is 2. The number of methoxy groups -OCH3 is 2. The largest absolute Gasteiger partial charge is 0.506 e. The van der Waals surface area contributed by atoms with Crippen molar-refractivity contribution in [1.29, 1.82) is 0 Å². The van der Waals surface area contributed by atoms with Crippen LogP contribution in [0.1, 0.15) is 21.5 Å². The minimum atomic E-state index is -1.17. The SMILES string of the molecule is COc1ccc(/C=C(/C(=O)Nc2ccc(C(=O)O)cc2O)c2ccccc2)cc1OC. The zero-order valence-corrected chi connectivity index (χ0v) is 17.0. The molecule has 31 heavy (non-hydrogen) atoms. The van der Waals surface area contributed by atoms with Gasteiger partial charge in [-0.25, -0.2) is 4.79 Å². The Bertz CT molecular complexity index is 1140. The summed E-state index contributed by atoms with van der Waals surface area (Å²) in [5.41, 5.74) is 1.73. The van der Waals surface area contributed by atoms with Crippen molar-refractivity contribution in [2.75, 3.05) is 19.5 Å². The molecule has 3 N–H and O–H groups in total. The average Bonchev–Trinajstić information content (AvgIpc) is 2.78. The van der Waals surface area contributed by atoms with Gasteiger partial charge in [0.2, 0.25) is 0 Å². The number of phenolic OH excluding ortho intramolecular Hbond substituents is 1. The molecule has 0 fully saturated rings. The van der Waals surface area contributed by atoms with Crippen LogP contribution in [0.5, 0.6) is 17.2 Å². The van der Waals surface area contributed by atoms with Crippen LogP contribution in [0.15, 0.2) is 66.7 Å². The lowest BCUT2D eigenvalue weighted by molar-refractivity contribution is -0.111. The summed E-state index contributed by atoms with van der Waals surface area (Å²) in [5, 5.41) is 21.8. The highest BCUT2D eigenvalue weighted by Gasteiger charge is 2.16. The Balaban J connectivity index is 1.99. The highest BCUT2D eigenvalue weighted by molar-refractivity contribution is 6.29. The Morgan fingerprint density at radius 2 is 1.58 bits per heavy atom. The predicted octanol–water partition coefficient (Wildman–Crippen LogP) is 4.29. The molecule has 1 amide bonds. The molecule has 0 saturated carbocycles. The first-order chi connectivity index (χ1) is 14.9. The van der Waals surface area contributed by atoms with Crippen molar-refractivity contribution in [3.63, 3.8) is 0 Å². The summed E-state index contributed by atoms with van der Waals surface area (Å²) in [4.78, 5) is 24.2. The summed E-state index contributed by atoms with van der Waals surface area (Å²) in [6.07, 6.45) is 1.69. The lowest BCUT2D eigenvalue weighted by Gasteiger charge is -2.12. The van der Waals surface area contributed by atoms with E-state index in [1.54, 1.807) is 36.4 Å². The van der Waals surface area contributed by atoms with E-state index in [4.69, 9.17) is 14.6 Å². The van der Waals surface area contributed by atoms with Gasteiger partial charge in [0, 0.05) is 5.57 Å². The summed E-state index contributed by atoms with van der Waals surface area (Å²) >= 11 is 0. The smallest absolute Gasteiger partial charge is 0.335 e. The number of carboxylic acids is 1. The van der Waals surface area contributed by atoms with Crippen LogP contribution < -0.4 is 14.8 Å². The van der Waals surface area contributed by atoms with Gasteiger partial charge in [-0.2, -0.15) is 0 Å². The van der Waals surface area contributed by atoms with Crippen molar-refractivity contribution >= 4 is 29.2 Å². The molecule has 0 aliphatic heterocycles. The molecule has 0 spiro atoms. The molecule has 0 aromatic heterocycles. The van der Waals surface area contributed by atoms with Gasteiger partial charge in [0.05, 0.1) is 25.5 Å². The van der Waals surface area contributed by atoms with E-state index in [0.29, 0.717) is 28.2 Å². The van der Waals surface area contributed by atoms with Gasteiger partial charge in [0.1, 0.15) is 5.75 Å². The number of anilines is 1. The van der Waals surface area contributed by atoms with Gasteiger partial charge in [-0.3, -0.25) is 4.79 Å². The molecule has 3 rings (SSSR count). The summed E-state index contributed by atoms with van der Waals surface area (Å²) in [5.74, 6) is -0.905. The molecule has 0 aliphatic rings. The Labute approximate surface area is 179 Å². The van der Waals surface area contributed by atoms with Crippen LogP contribution in [-0.2, 0) is 4.79 Å². The predicted molar refractivity (Wildman–Crippen MR) is 118 cm³/mol. The first-order valence-corrected chi connectivity index (χ1v) is 9.29. The molecule has 158 valence electrons. The number of phenols is 1. The standard InChI is InChI=1S/C24H21NO6/c1-30-21-11-8-15(13-22(21)31-2)12-18(16-6-4-3-5-7-16)23(27)25-19-10-9-17(24(28)29)14-20(19)26/h3-14,26H,1-2H3,(H,25,27)(H,28,29)/b18-12+. The molecular weight excluding hydrogens is 398 g/mol. The van der Waals surface area contributed by atoms with Crippen LogP contribution in [0.4, 0.5) is 5.69 Å². The molecule has 0 aliphatic carbocycles. The van der Waals surface area contributed by atoms with E-state index in [9.17, 15) is 14.7 Å². The number of ether oxygens (including phenoxy) is 2. The number of carboxylic acid groups (broad SMARTS) is 1. The maximum Gasteiger partial charge on any atom is 0.335 e. The lowest BCUT2D eigenvalue weighted by atomic mass is 10.0. The second-order valence-electron chi connectivity index (χ2n) is 6.53. The molecule has 0 unspecified atom stereocenters. The highest BCUT2D eigenvalue weighted by atomic mass is 16.5. The fourth-order valence-corrected chi connectivity index (χ4v) is 2.97. The van der Waals surface area contributed by atoms with Gasteiger partial charge in [-0.15, -0.1) is 0 Å². The van der Waals surface area contributed by atoms with E-state index >= 15 is 0 Å². The van der Waals surface area contributed by atoms with Crippen LogP contribution in [0.25, 0.3) is 11.6 Å². The maximum atomic E-state index is 13.1. The third-order valence-electron chi connectivity index (χ3n) is 4.54. The molecule has 3 aromatic rings. The fraction of sp³-hybridized carbons (Fsp3) is 0.0833. The number of amides is 1. The number of rotatable bonds is 7. The molecule has 7 nitrogen and oxygen atoms in total. The number of carbonyl (C=O) groups excluding carboxylic acids is 1. The minimum Gasteiger partial charge on any atom is -0.506 e. The van der Waals surface area contributed by atoms with Gasteiger partial charge in [0.25, 0.3) is 5.91 Å². The molecule has 3 aromatic carbocycles. The van der Waals surface area contributed by atoms with E-state index < -0.39 is 11.9 Å². The van der Waals surface area contributed by atoms with Crippen LogP contribution in [0.3, 0.4) is 0 Å². The minimum absolute atomic E-state index is 0.0837. The third-order valence-corrected chi connectivity index (χ3v) is 4.54. The van der Waals surface area contributed by atoms with Crippen LogP contribution >= 0.6 is 0 Å². The number of hydrogen-bond donors (Lipinski definition) is 3. The molecule has 0 saturated heterocycles. The molecule has 7 heteroatoms. The monoisotopic (exact) mass is 419 g/mol. The lowest BCUT2D eigenvalue weighted by Crippen LogP contribution is -2.14. The quantitative estimate of drug-likeness (QED) is 0.300. The van der Waals surface area contributed by atoms with Gasteiger partial charge >= 0.3 is 5.97 Å². The van der Waals surface area contributed by atoms with Crippen molar-refractivity contribution in [2.45, 2.75) is 0 Å². The van der Waals surface area contributed by atoms with Gasteiger partial charge < -0.3 is 25.0 Å². The van der Waals surface area contributed by atoms with E-state index in [2.05, 4.69) is 5.32 Å². The Morgan fingerprint density at radius 3 is 2.19 bits per heavy atom. The van der Waals surface area contributed by atoms with Gasteiger partial charge in [-0.05, 0) is 47.5 Å². The number of hydrogen-bond acceptors (Lipinski definition) is 5. The average molecular weight is 419 g/mol. The van der Waals surface area contributed by atoms with Crippen molar-refractivity contribution in [3.8, 4) is 17.2 Å². The number of nitrogens with one attached hydrogen (secondary N) is 1. The maximum absolute atomic E-state index is 13.1. The van der Waals surface area contributed by atoms with Crippen molar-refractivity contribution in [1.82, 2.24) is 0 Å². The van der Waals surface area contributed by atoms with Crippen LogP contribution in [0.2, 0.25) is 0 Å². The summed E-state index contributed by atoms with van der Waals surface area (Å²) in [7, 11) is 3.07. The van der Waals surface area contributed by atoms with Gasteiger partial charge in [-0.1, -0.05) is 36.4 Å². The summed E-state index contributed by atoms with van der Waals surface area (Å²) in [6, 6.07) is 18.0. The first kappa shape index (κ1) is 21.4. The topological polar surface area (TPSA) is 105 Å². The second-order valence-corrected chi connectivity index (χ2v) is 6.53. The summed E-state index contributed by atoms with van der Waals surface area (Å²) < 4.78 is 10.6. The van der Waals surface area contributed by atoms with Gasteiger partial charge in [0.15, 0.2) is 11.5 Å². The third kappa shape index (κ3) is 5.02. The number of aromatic carboxylic acids is 1. The van der Waals surface area contributed by atoms with E-state index in [1.807, 2.05) is 18.2 Å². The van der Waals surface area contributed by atoms with Crippen molar-refractivity contribution in [2.24, 2.45) is 0 Å².